The lowest BCUT2D eigenvalue weighted by molar-refractivity contribution is 0.103. The highest BCUT2D eigenvalue weighted by Gasteiger charge is 2.17. The lowest BCUT2D eigenvalue weighted by atomic mass is 9.99. The lowest BCUT2D eigenvalue weighted by Crippen LogP contribution is -2.09. The highest BCUT2D eigenvalue weighted by Crippen LogP contribution is 2.24. The standard InChI is InChI=1S/C24H17N3OS/c28-23(20-14-8-3-9-15-20)21-17-27(25-16-18-10-4-1-5-11-18)24(29)26-22(21)19-12-6-2-7-13-19/h1-17H/b25-16+. The van der Waals surface area contributed by atoms with Crippen molar-refractivity contribution < 1.29 is 4.79 Å². The van der Waals surface area contributed by atoms with Crippen molar-refractivity contribution >= 4 is 24.2 Å². The van der Waals surface area contributed by atoms with Crippen LogP contribution in [-0.4, -0.2) is 21.7 Å². The molecule has 3 aromatic carbocycles. The minimum absolute atomic E-state index is 0.129. The summed E-state index contributed by atoms with van der Waals surface area (Å²) in [5.74, 6) is -0.129. The predicted molar refractivity (Wildman–Crippen MR) is 118 cm³/mol. The van der Waals surface area contributed by atoms with Crippen LogP contribution < -0.4 is 0 Å². The molecule has 140 valence electrons. The van der Waals surface area contributed by atoms with Gasteiger partial charge in [-0.15, -0.1) is 0 Å². The summed E-state index contributed by atoms with van der Waals surface area (Å²) in [5, 5.41) is 4.42. The van der Waals surface area contributed by atoms with E-state index < -0.39 is 0 Å². The van der Waals surface area contributed by atoms with Crippen LogP contribution in [-0.2, 0) is 0 Å². The third-order valence-corrected chi connectivity index (χ3v) is 4.65. The first-order chi connectivity index (χ1) is 14.2. The van der Waals surface area contributed by atoms with Crippen molar-refractivity contribution in [3.8, 4) is 11.3 Å². The van der Waals surface area contributed by atoms with E-state index in [1.165, 1.54) is 4.68 Å². The first-order valence-corrected chi connectivity index (χ1v) is 9.51. The highest BCUT2D eigenvalue weighted by molar-refractivity contribution is 7.71. The fourth-order valence-corrected chi connectivity index (χ4v) is 3.11. The first-order valence-electron chi connectivity index (χ1n) is 9.10. The zero-order valence-electron chi connectivity index (χ0n) is 15.5. The van der Waals surface area contributed by atoms with Gasteiger partial charge >= 0.3 is 0 Å². The molecule has 0 atom stereocenters. The van der Waals surface area contributed by atoms with Crippen LogP contribution in [0, 0.1) is 4.77 Å². The molecule has 4 nitrogen and oxygen atoms in total. The van der Waals surface area contributed by atoms with Crippen LogP contribution in [0.15, 0.2) is 102 Å². The van der Waals surface area contributed by atoms with Gasteiger partial charge in [-0.2, -0.15) is 5.10 Å². The normalized spacial score (nSPS) is 10.9. The van der Waals surface area contributed by atoms with Crippen molar-refractivity contribution in [2.45, 2.75) is 0 Å². The van der Waals surface area contributed by atoms with Crippen LogP contribution in [0.3, 0.4) is 0 Å². The van der Waals surface area contributed by atoms with E-state index in [0.717, 1.165) is 11.1 Å². The SMILES string of the molecule is O=C(c1ccccc1)c1cn(/N=C/c2ccccc2)c(=S)nc1-c1ccccc1. The smallest absolute Gasteiger partial charge is 0.220 e. The molecule has 4 aromatic rings. The topological polar surface area (TPSA) is 47.2 Å². The van der Waals surface area contributed by atoms with Gasteiger partial charge in [-0.1, -0.05) is 91.0 Å². The molecule has 0 fully saturated rings. The Morgan fingerprint density at radius 2 is 1.45 bits per heavy atom. The molecule has 0 aliphatic carbocycles. The van der Waals surface area contributed by atoms with Crippen molar-refractivity contribution in [3.05, 3.63) is 119 Å². The van der Waals surface area contributed by atoms with Gasteiger partial charge in [-0.25, -0.2) is 9.66 Å². The van der Waals surface area contributed by atoms with Gasteiger partial charge in [0.1, 0.15) is 0 Å². The van der Waals surface area contributed by atoms with E-state index in [1.54, 1.807) is 24.5 Å². The molecule has 0 aliphatic heterocycles. The second-order valence-electron chi connectivity index (χ2n) is 6.35. The van der Waals surface area contributed by atoms with Crippen LogP contribution in [0.25, 0.3) is 11.3 Å². The third kappa shape index (κ3) is 4.25. The Hall–Kier alpha value is -3.70. The van der Waals surface area contributed by atoms with E-state index in [4.69, 9.17) is 12.2 Å². The number of hydrogen-bond acceptors (Lipinski definition) is 4. The summed E-state index contributed by atoms with van der Waals surface area (Å²) in [6, 6.07) is 28.4. The van der Waals surface area contributed by atoms with Gasteiger partial charge in [-0.3, -0.25) is 4.79 Å². The van der Waals surface area contributed by atoms with Gasteiger partial charge in [0.25, 0.3) is 0 Å². The maximum Gasteiger partial charge on any atom is 0.220 e. The summed E-state index contributed by atoms with van der Waals surface area (Å²) < 4.78 is 1.74. The summed E-state index contributed by atoms with van der Waals surface area (Å²) in [6.45, 7) is 0. The molecule has 0 spiro atoms. The van der Waals surface area contributed by atoms with E-state index in [1.807, 2.05) is 78.9 Å². The van der Waals surface area contributed by atoms with Crippen LogP contribution in [0.1, 0.15) is 21.5 Å². The third-order valence-electron chi connectivity index (χ3n) is 4.37. The molecule has 0 saturated carbocycles. The zero-order valence-corrected chi connectivity index (χ0v) is 16.3. The van der Waals surface area contributed by atoms with Crippen LogP contribution in [0.2, 0.25) is 0 Å². The Morgan fingerprint density at radius 1 is 0.862 bits per heavy atom. The Labute approximate surface area is 173 Å². The number of aromatic nitrogens is 2. The maximum atomic E-state index is 13.2. The van der Waals surface area contributed by atoms with Gasteiger partial charge in [0.2, 0.25) is 4.77 Å². The van der Waals surface area contributed by atoms with Gasteiger partial charge in [0.05, 0.1) is 17.5 Å². The fraction of sp³-hybridized carbons (Fsp3) is 0. The molecule has 0 aliphatic rings. The fourth-order valence-electron chi connectivity index (χ4n) is 2.92. The van der Waals surface area contributed by atoms with Crippen molar-refractivity contribution in [1.82, 2.24) is 9.66 Å². The molecule has 0 unspecified atom stereocenters. The van der Waals surface area contributed by atoms with Gasteiger partial charge in [-0.05, 0) is 17.8 Å². The average Bonchev–Trinajstić information content (AvgIpc) is 2.79. The maximum absolute atomic E-state index is 13.2. The van der Waals surface area contributed by atoms with Crippen LogP contribution in [0.5, 0.6) is 0 Å². The van der Waals surface area contributed by atoms with E-state index in [0.29, 0.717) is 16.8 Å². The van der Waals surface area contributed by atoms with Gasteiger partial charge in [0, 0.05) is 17.3 Å². The summed E-state index contributed by atoms with van der Waals surface area (Å²) >= 11 is 5.44. The molecular formula is C24H17N3OS. The number of hydrogen-bond donors (Lipinski definition) is 0. The number of carbonyl (C=O) groups excluding carboxylic acids is 1. The lowest BCUT2D eigenvalue weighted by Gasteiger charge is -2.10. The second-order valence-corrected chi connectivity index (χ2v) is 6.71. The molecule has 0 radical (unpaired) electrons. The van der Waals surface area contributed by atoms with Crippen LogP contribution >= 0.6 is 12.2 Å². The van der Waals surface area contributed by atoms with E-state index in [9.17, 15) is 4.79 Å². The quantitative estimate of drug-likeness (QED) is 0.258. The summed E-state index contributed by atoms with van der Waals surface area (Å²) in [4.78, 5) is 17.8. The molecule has 1 heterocycles. The predicted octanol–water partition coefficient (Wildman–Crippen LogP) is 5.39. The Morgan fingerprint density at radius 3 is 2.10 bits per heavy atom. The molecule has 5 heteroatoms. The minimum Gasteiger partial charge on any atom is -0.288 e. The molecule has 0 bridgehead atoms. The summed E-state index contributed by atoms with van der Waals surface area (Å²) in [5.41, 5.74) is 3.34. The minimum atomic E-state index is -0.129. The van der Waals surface area contributed by atoms with E-state index in [2.05, 4.69) is 10.1 Å². The summed E-state index contributed by atoms with van der Waals surface area (Å²) in [7, 11) is 0. The molecule has 1 aromatic heterocycles. The monoisotopic (exact) mass is 395 g/mol. The van der Waals surface area contributed by atoms with Crippen molar-refractivity contribution in [3.63, 3.8) is 0 Å². The van der Waals surface area contributed by atoms with E-state index in [-0.39, 0.29) is 10.6 Å². The second kappa shape index (κ2) is 8.54. The van der Waals surface area contributed by atoms with Crippen LogP contribution in [0.4, 0.5) is 0 Å². The first kappa shape index (κ1) is 18.7. The summed E-state index contributed by atoms with van der Waals surface area (Å²) in [6.07, 6.45) is 3.35. The molecule has 0 saturated heterocycles. The van der Waals surface area contributed by atoms with Gasteiger partial charge in [0.15, 0.2) is 5.78 Å². The molecular weight excluding hydrogens is 378 g/mol. The largest absolute Gasteiger partial charge is 0.288 e. The van der Waals surface area contributed by atoms with Gasteiger partial charge < -0.3 is 0 Å². The van der Waals surface area contributed by atoms with E-state index >= 15 is 0 Å². The Kier molecular flexibility index (Phi) is 5.49. The highest BCUT2D eigenvalue weighted by atomic mass is 32.1. The molecule has 0 amide bonds. The number of rotatable bonds is 5. The van der Waals surface area contributed by atoms with Crippen molar-refractivity contribution in [2.24, 2.45) is 5.10 Å². The average molecular weight is 395 g/mol. The Balaban J connectivity index is 1.84. The number of nitrogens with zero attached hydrogens (tertiary/aromatic N) is 3. The number of carbonyl (C=O) groups is 1. The molecule has 4 rings (SSSR count). The van der Waals surface area contributed by atoms with Crippen molar-refractivity contribution in [2.75, 3.05) is 0 Å². The molecule has 0 N–H and O–H groups in total. The number of ketones is 1. The van der Waals surface area contributed by atoms with Crippen molar-refractivity contribution in [1.29, 1.82) is 0 Å². The zero-order chi connectivity index (χ0) is 20.1. The number of benzene rings is 3. The molecule has 29 heavy (non-hydrogen) atoms. The Bertz CT molecular complexity index is 1220.